The molecule has 0 unspecified atom stereocenters. The van der Waals surface area contributed by atoms with Gasteiger partial charge in [0.15, 0.2) is 5.69 Å². The van der Waals surface area contributed by atoms with Gasteiger partial charge in [0.2, 0.25) is 0 Å². The Bertz CT molecular complexity index is 727. The fourth-order valence-corrected chi connectivity index (χ4v) is 2.87. The number of amides is 1. The van der Waals surface area contributed by atoms with Crippen LogP contribution in [-0.4, -0.2) is 34.0 Å². The molecular formula is C16H21ClFN5O. The van der Waals surface area contributed by atoms with Crippen molar-refractivity contribution < 1.29 is 9.18 Å². The number of hydrogen-bond donors (Lipinski definition) is 2. The zero-order valence-corrected chi connectivity index (χ0v) is 14.5. The van der Waals surface area contributed by atoms with Gasteiger partial charge in [-0.15, -0.1) is 17.5 Å². The molecule has 0 saturated carbocycles. The second-order valence-electron chi connectivity index (χ2n) is 5.89. The van der Waals surface area contributed by atoms with Crippen LogP contribution in [0.4, 0.5) is 10.1 Å². The molecule has 130 valence electrons. The Morgan fingerprint density at radius 3 is 2.75 bits per heavy atom. The van der Waals surface area contributed by atoms with Crippen LogP contribution in [0.5, 0.6) is 0 Å². The molecule has 8 heteroatoms. The Balaban J connectivity index is 0.00000208. The van der Waals surface area contributed by atoms with Crippen LogP contribution in [0, 0.1) is 19.7 Å². The lowest BCUT2D eigenvalue weighted by molar-refractivity contribution is 0.102. The van der Waals surface area contributed by atoms with Crippen LogP contribution in [0.1, 0.15) is 40.6 Å². The summed E-state index contributed by atoms with van der Waals surface area (Å²) in [5.74, 6) is -0.903. The SMILES string of the molecule is Cc1ccc(F)c(NC(=O)c2nnn(C3CCNCC3)c2C)c1.Cl. The summed E-state index contributed by atoms with van der Waals surface area (Å²) in [5.41, 5.74) is 1.98. The van der Waals surface area contributed by atoms with E-state index in [2.05, 4.69) is 20.9 Å². The predicted octanol–water partition coefficient (Wildman–Crippen LogP) is 2.63. The van der Waals surface area contributed by atoms with E-state index in [0.29, 0.717) is 5.69 Å². The van der Waals surface area contributed by atoms with Crippen LogP contribution < -0.4 is 10.6 Å². The van der Waals surface area contributed by atoms with Crippen LogP contribution in [0.25, 0.3) is 0 Å². The van der Waals surface area contributed by atoms with E-state index < -0.39 is 11.7 Å². The average molecular weight is 354 g/mol. The monoisotopic (exact) mass is 353 g/mol. The molecule has 1 fully saturated rings. The van der Waals surface area contributed by atoms with E-state index in [0.717, 1.165) is 31.5 Å². The standard InChI is InChI=1S/C16H20FN5O.ClH/c1-10-3-4-13(17)14(9-10)19-16(23)15-11(2)22(21-20-15)12-5-7-18-8-6-12;/h3-4,9,12,18H,5-8H2,1-2H3,(H,19,23);1H. The highest BCUT2D eigenvalue weighted by atomic mass is 35.5. The Labute approximate surface area is 146 Å². The topological polar surface area (TPSA) is 71.8 Å². The van der Waals surface area contributed by atoms with Crippen LogP contribution >= 0.6 is 12.4 Å². The second kappa shape index (κ2) is 7.72. The van der Waals surface area contributed by atoms with E-state index in [9.17, 15) is 9.18 Å². The maximum absolute atomic E-state index is 13.8. The van der Waals surface area contributed by atoms with Crippen molar-refractivity contribution >= 4 is 24.0 Å². The van der Waals surface area contributed by atoms with Gasteiger partial charge in [0.1, 0.15) is 5.82 Å². The molecule has 1 aliphatic heterocycles. The molecule has 1 amide bonds. The fraction of sp³-hybridized carbons (Fsp3) is 0.438. The van der Waals surface area contributed by atoms with E-state index in [-0.39, 0.29) is 29.8 Å². The maximum atomic E-state index is 13.8. The van der Waals surface area contributed by atoms with Crippen LogP contribution in [-0.2, 0) is 0 Å². The number of benzene rings is 1. The molecule has 1 aromatic heterocycles. The van der Waals surface area contributed by atoms with E-state index >= 15 is 0 Å². The largest absolute Gasteiger partial charge is 0.318 e. The Hall–Kier alpha value is -1.99. The highest BCUT2D eigenvalue weighted by Crippen LogP contribution is 2.21. The number of piperidine rings is 1. The number of aryl methyl sites for hydroxylation is 1. The van der Waals surface area contributed by atoms with Crippen LogP contribution in [0.3, 0.4) is 0 Å². The highest BCUT2D eigenvalue weighted by molar-refractivity contribution is 6.03. The maximum Gasteiger partial charge on any atom is 0.278 e. The normalized spacial score (nSPS) is 15.0. The van der Waals surface area contributed by atoms with E-state index in [4.69, 9.17) is 0 Å². The van der Waals surface area contributed by atoms with Gasteiger partial charge in [0.05, 0.1) is 17.4 Å². The van der Waals surface area contributed by atoms with E-state index in [1.54, 1.807) is 12.1 Å². The number of hydrogen-bond acceptors (Lipinski definition) is 4. The van der Waals surface area contributed by atoms with E-state index in [1.807, 2.05) is 18.5 Å². The van der Waals surface area contributed by atoms with E-state index in [1.165, 1.54) is 6.07 Å². The predicted molar refractivity (Wildman–Crippen MR) is 92.2 cm³/mol. The summed E-state index contributed by atoms with van der Waals surface area (Å²) in [6.07, 6.45) is 1.91. The second-order valence-corrected chi connectivity index (χ2v) is 5.89. The summed E-state index contributed by atoms with van der Waals surface area (Å²) in [6, 6.07) is 4.84. The summed E-state index contributed by atoms with van der Waals surface area (Å²) in [6.45, 7) is 5.53. The van der Waals surface area contributed by atoms with Crippen molar-refractivity contribution in [2.24, 2.45) is 0 Å². The molecule has 24 heavy (non-hydrogen) atoms. The number of carbonyl (C=O) groups excluding carboxylic acids is 1. The number of anilines is 1. The van der Waals surface area contributed by atoms with Gasteiger partial charge in [-0.25, -0.2) is 9.07 Å². The zero-order valence-electron chi connectivity index (χ0n) is 13.7. The lowest BCUT2D eigenvalue weighted by atomic mass is 10.1. The lowest BCUT2D eigenvalue weighted by Crippen LogP contribution is -2.30. The van der Waals surface area contributed by atoms with Crippen LogP contribution in [0.15, 0.2) is 18.2 Å². The first-order chi connectivity index (χ1) is 11.1. The fourth-order valence-electron chi connectivity index (χ4n) is 2.87. The molecule has 0 radical (unpaired) electrons. The molecule has 1 saturated heterocycles. The minimum absolute atomic E-state index is 0. The number of carbonyl (C=O) groups is 1. The Morgan fingerprint density at radius 1 is 1.33 bits per heavy atom. The Kier molecular flexibility index (Phi) is 5.90. The molecule has 2 aromatic rings. The van der Waals surface area contributed by atoms with Gasteiger partial charge in [-0.05, 0) is 57.5 Å². The molecule has 0 aliphatic carbocycles. The van der Waals surface area contributed by atoms with Gasteiger partial charge >= 0.3 is 0 Å². The third-order valence-electron chi connectivity index (χ3n) is 4.17. The van der Waals surface area contributed by atoms with Crippen molar-refractivity contribution in [3.8, 4) is 0 Å². The number of nitrogens with zero attached hydrogens (tertiary/aromatic N) is 3. The summed E-state index contributed by atoms with van der Waals surface area (Å²) in [4.78, 5) is 12.4. The number of nitrogens with one attached hydrogen (secondary N) is 2. The number of aromatic nitrogens is 3. The van der Waals surface area contributed by atoms with Gasteiger partial charge < -0.3 is 10.6 Å². The van der Waals surface area contributed by atoms with Crippen LogP contribution in [0.2, 0.25) is 0 Å². The van der Waals surface area contributed by atoms with Crippen molar-refractivity contribution in [1.82, 2.24) is 20.3 Å². The van der Waals surface area contributed by atoms with Crippen molar-refractivity contribution in [2.75, 3.05) is 18.4 Å². The Morgan fingerprint density at radius 2 is 2.04 bits per heavy atom. The molecule has 1 aromatic carbocycles. The highest BCUT2D eigenvalue weighted by Gasteiger charge is 2.23. The summed E-state index contributed by atoms with van der Waals surface area (Å²) in [7, 11) is 0. The molecule has 0 bridgehead atoms. The average Bonchev–Trinajstić information content (AvgIpc) is 2.93. The molecule has 1 aliphatic rings. The van der Waals surface area contributed by atoms with Gasteiger partial charge in [-0.2, -0.15) is 0 Å². The summed E-state index contributed by atoms with van der Waals surface area (Å²) >= 11 is 0. The molecule has 0 spiro atoms. The third kappa shape index (κ3) is 3.73. The summed E-state index contributed by atoms with van der Waals surface area (Å²) < 4.78 is 15.6. The zero-order chi connectivity index (χ0) is 16.4. The number of halogens is 2. The first kappa shape index (κ1) is 18.4. The molecule has 6 nitrogen and oxygen atoms in total. The van der Waals surface area contributed by atoms with Crippen molar-refractivity contribution in [2.45, 2.75) is 32.7 Å². The van der Waals surface area contributed by atoms with Gasteiger partial charge in [0, 0.05) is 0 Å². The first-order valence-corrected chi connectivity index (χ1v) is 7.76. The summed E-state index contributed by atoms with van der Waals surface area (Å²) in [5, 5.41) is 14.0. The smallest absolute Gasteiger partial charge is 0.278 e. The molecular weight excluding hydrogens is 333 g/mol. The van der Waals surface area contributed by atoms with Gasteiger partial charge in [-0.1, -0.05) is 11.3 Å². The number of rotatable bonds is 3. The van der Waals surface area contributed by atoms with Crippen molar-refractivity contribution in [1.29, 1.82) is 0 Å². The first-order valence-electron chi connectivity index (χ1n) is 7.76. The molecule has 2 heterocycles. The minimum atomic E-state index is -0.465. The third-order valence-corrected chi connectivity index (χ3v) is 4.17. The molecule has 3 rings (SSSR count). The van der Waals surface area contributed by atoms with Crippen molar-refractivity contribution in [3.63, 3.8) is 0 Å². The quantitative estimate of drug-likeness (QED) is 0.889. The van der Waals surface area contributed by atoms with Gasteiger partial charge in [-0.3, -0.25) is 4.79 Å². The van der Waals surface area contributed by atoms with Gasteiger partial charge in [0.25, 0.3) is 5.91 Å². The van der Waals surface area contributed by atoms with Crippen molar-refractivity contribution in [3.05, 3.63) is 41.0 Å². The molecule has 2 N–H and O–H groups in total. The lowest BCUT2D eigenvalue weighted by Gasteiger charge is -2.23. The molecule has 0 atom stereocenters. The minimum Gasteiger partial charge on any atom is -0.318 e.